The minimum Gasteiger partial charge on any atom is -0.338 e. The number of halogens is 1. The van der Waals surface area contributed by atoms with Gasteiger partial charge in [0.05, 0.1) is 0 Å². The summed E-state index contributed by atoms with van der Waals surface area (Å²) >= 11 is 3.63. The van der Waals surface area contributed by atoms with Gasteiger partial charge in [-0.2, -0.15) is 0 Å². The van der Waals surface area contributed by atoms with E-state index in [0.29, 0.717) is 19.1 Å². The van der Waals surface area contributed by atoms with Gasteiger partial charge in [-0.05, 0) is 49.3 Å². The highest BCUT2D eigenvalue weighted by molar-refractivity contribution is 9.10. The second-order valence-electron chi connectivity index (χ2n) is 7.11. The van der Waals surface area contributed by atoms with Crippen molar-refractivity contribution in [1.29, 1.82) is 0 Å². The van der Waals surface area contributed by atoms with Crippen molar-refractivity contribution in [2.75, 3.05) is 6.54 Å². The van der Waals surface area contributed by atoms with Gasteiger partial charge in [0.2, 0.25) is 5.91 Å². The van der Waals surface area contributed by atoms with Crippen LogP contribution in [-0.2, 0) is 17.9 Å². The van der Waals surface area contributed by atoms with Gasteiger partial charge in [0.15, 0.2) is 0 Å². The van der Waals surface area contributed by atoms with E-state index in [1.54, 1.807) is 4.90 Å². The Balaban J connectivity index is 1.43. The van der Waals surface area contributed by atoms with Crippen molar-refractivity contribution in [3.05, 3.63) is 33.3 Å². The Bertz CT molecular complexity index is 706. The highest BCUT2D eigenvalue weighted by Crippen LogP contribution is 2.32. The molecule has 2 unspecified atom stereocenters. The summed E-state index contributed by atoms with van der Waals surface area (Å²) in [6.07, 6.45) is 4.09. The van der Waals surface area contributed by atoms with Crippen molar-refractivity contribution in [2.24, 2.45) is 0 Å². The van der Waals surface area contributed by atoms with Crippen molar-refractivity contribution < 1.29 is 9.59 Å². The highest BCUT2D eigenvalue weighted by Gasteiger charge is 2.41. The van der Waals surface area contributed by atoms with E-state index in [2.05, 4.69) is 40.3 Å². The van der Waals surface area contributed by atoms with Gasteiger partial charge in [0, 0.05) is 30.1 Å². The molecule has 2 fully saturated rings. The zero-order valence-corrected chi connectivity index (χ0v) is 15.4. The number of amides is 3. The zero-order valence-electron chi connectivity index (χ0n) is 13.8. The molecule has 4 rings (SSSR count). The molecular weight excluding hydrogens is 370 g/mol. The Labute approximate surface area is 150 Å². The van der Waals surface area contributed by atoms with Crippen LogP contribution in [0.4, 0.5) is 4.79 Å². The van der Waals surface area contributed by atoms with Crippen LogP contribution in [0.15, 0.2) is 16.6 Å². The Morgan fingerprint density at radius 3 is 2.92 bits per heavy atom. The average Bonchev–Trinajstić information content (AvgIpc) is 3.14. The summed E-state index contributed by atoms with van der Waals surface area (Å²) in [7, 11) is 0. The number of nitrogens with one attached hydrogen (secondary N) is 1. The summed E-state index contributed by atoms with van der Waals surface area (Å²) in [5.74, 6) is 0.0989. The fourth-order valence-corrected chi connectivity index (χ4v) is 4.68. The molecule has 6 heteroatoms. The smallest absolute Gasteiger partial charge is 0.318 e. The largest absolute Gasteiger partial charge is 0.338 e. The maximum Gasteiger partial charge on any atom is 0.318 e. The Hall–Kier alpha value is -1.56. The molecule has 1 N–H and O–H groups in total. The van der Waals surface area contributed by atoms with Crippen molar-refractivity contribution in [3.8, 4) is 0 Å². The molecule has 0 radical (unpaired) electrons. The summed E-state index contributed by atoms with van der Waals surface area (Å²) in [5, 5.41) is 2.98. The first-order valence-electron chi connectivity index (χ1n) is 8.67. The van der Waals surface area contributed by atoms with Crippen LogP contribution in [0.1, 0.15) is 42.4 Å². The molecule has 1 aromatic rings. The van der Waals surface area contributed by atoms with Crippen LogP contribution in [-0.4, -0.2) is 40.4 Å². The van der Waals surface area contributed by atoms with Gasteiger partial charge >= 0.3 is 6.03 Å². The Kier molecular flexibility index (Phi) is 4.03. The van der Waals surface area contributed by atoms with Gasteiger partial charge < -0.3 is 15.1 Å². The predicted octanol–water partition coefficient (Wildman–Crippen LogP) is 2.94. The molecule has 0 aromatic heterocycles. The van der Waals surface area contributed by atoms with Crippen molar-refractivity contribution in [2.45, 2.75) is 57.8 Å². The molecule has 2 atom stereocenters. The van der Waals surface area contributed by atoms with Gasteiger partial charge in [0.25, 0.3) is 0 Å². The number of rotatable bonds is 1. The van der Waals surface area contributed by atoms with E-state index < -0.39 is 0 Å². The lowest BCUT2D eigenvalue weighted by Crippen LogP contribution is -2.46. The normalized spacial score (nSPS) is 25.7. The number of nitrogens with zero attached hydrogens (tertiary/aromatic N) is 2. The summed E-state index contributed by atoms with van der Waals surface area (Å²) in [4.78, 5) is 28.9. The number of piperidine rings is 1. The Morgan fingerprint density at radius 2 is 2.12 bits per heavy atom. The number of urea groups is 1. The molecule has 3 heterocycles. The van der Waals surface area contributed by atoms with Gasteiger partial charge in [-0.15, -0.1) is 0 Å². The summed E-state index contributed by atoms with van der Waals surface area (Å²) < 4.78 is 1.09. The van der Waals surface area contributed by atoms with Crippen LogP contribution in [0, 0.1) is 6.92 Å². The summed E-state index contributed by atoms with van der Waals surface area (Å²) in [6, 6.07) is 4.00. The molecule has 24 heavy (non-hydrogen) atoms. The molecule has 128 valence electrons. The number of hydrogen-bond acceptors (Lipinski definition) is 2. The molecule has 3 amide bonds. The standard InChI is InChI=1S/C18H22BrN3O2/c1-11-5-6-12-9-21(10-14(12)16(11)19)18(24)20-15-8-13-4-2-3-7-22(13)17(15)23/h5-6,13,15H,2-4,7-10H2,1H3,(H,20,24). The first-order chi connectivity index (χ1) is 11.5. The van der Waals surface area contributed by atoms with Crippen molar-refractivity contribution in [1.82, 2.24) is 15.1 Å². The van der Waals surface area contributed by atoms with E-state index in [1.807, 2.05) is 4.90 Å². The maximum atomic E-state index is 12.6. The number of carbonyl (C=O) groups is 2. The second kappa shape index (κ2) is 6.06. The number of hydrogen-bond donors (Lipinski definition) is 1. The molecule has 3 aliphatic rings. The van der Waals surface area contributed by atoms with Crippen molar-refractivity contribution in [3.63, 3.8) is 0 Å². The van der Waals surface area contributed by atoms with E-state index in [9.17, 15) is 9.59 Å². The van der Waals surface area contributed by atoms with E-state index in [1.165, 1.54) is 23.1 Å². The fraction of sp³-hybridized carbons (Fsp3) is 0.556. The van der Waals surface area contributed by atoms with Gasteiger partial charge in [-0.3, -0.25) is 4.79 Å². The minimum absolute atomic E-state index is 0.0989. The lowest BCUT2D eigenvalue weighted by Gasteiger charge is -2.29. The van der Waals surface area contributed by atoms with Gasteiger partial charge in [0.1, 0.15) is 6.04 Å². The lowest BCUT2D eigenvalue weighted by atomic mass is 10.0. The van der Waals surface area contributed by atoms with Crippen LogP contribution >= 0.6 is 15.9 Å². The third kappa shape index (κ3) is 2.61. The molecule has 1 aromatic carbocycles. The van der Waals surface area contributed by atoms with Crippen molar-refractivity contribution >= 4 is 27.9 Å². The molecule has 5 nitrogen and oxygen atoms in total. The molecule has 0 aliphatic carbocycles. The topological polar surface area (TPSA) is 52.7 Å². The van der Waals surface area contributed by atoms with E-state index in [-0.39, 0.29) is 18.0 Å². The minimum atomic E-state index is -0.352. The predicted molar refractivity (Wildman–Crippen MR) is 94.4 cm³/mol. The van der Waals surface area contributed by atoms with Crippen LogP contribution in [0.25, 0.3) is 0 Å². The lowest BCUT2D eigenvalue weighted by molar-refractivity contribution is -0.131. The monoisotopic (exact) mass is 391 g/mol. The average molecular weight is 392 g/mol. The Morgan fingerprint density at radius 1 is 1.29 bits per heavy atom. The van der Waals surface area contributed by atoms with Gasteiger partial charge in [-0.1, -0.05) is 28.1 Å². The summed E-state index contributed by atoms with van der Waals surface area (Å²) in [5.41, 5.74) is 3.54. The molecule has 2 saturated heterocycles. The van der Waals surface area contributed by atoms with Crippen LogP contribution < -0.4 is 5.32 Å². The second-order valence-corrected chi connectivity index (χ2v) is 7.90. The fourth-order valence-electron chi connectivity index (χ4n) is 4.16. The quantitative estimate of drug-likeness (QED) is 0.799. The first-order valence-corrected chi connectivity index (χ1v) is 9.46. The van der Waals surface area contributed by atoms with E-state index in [0.717, 1.165) is 30.3 Å². The van der Waals surface area contributed by atoms with E-state index >= 15 is 0 Å². The third-order valence-corrected chi connectivity index (χ3v) is 6.65. The van der Waals surface area contributed by atoms with E-state index in [4.69, 9.17) is 0 Å². The molecule has 0 bridgehead atoms. The zero-order chi connectivity index (χ0) is 16.8. The molecule has 0 saturated carbocycles. The molecule has 0 spiro atoms. The summed E-state index contributed by atoms with van der Waals surface area (Å²) in [6.45, 7) is 4.10. The number of carbonyl (C=O) groups excluding carboxylic acids is 2. The van der Waals surface area contributed by atoms with Gasteiger partial charge in [-0.25, -0.2) is 4.79 Å². The molecular formula is C18H22BrN3O2. The van der Waals surface area contributed by atoms with Crippen LogP contribution in [0.5, 0.6) is 0 Å². The number of benzene rings is 1. The number of aryl methyl sites for hydroxylation is 1. The van der Waals surface area contributed by atoms with Crippen LogP contribution in [0.2, 0.25) is 0 Å². The third-order valence-electron chi connectivity index (χ3n) is 5.54. The maximum absolute atomic E-state index is 12.6. The van der Waals surface area contributed by atoms with Crippen LogP contribution in [0.3, 0.4) is 0 Å². The molecule has 3 aliphatic heterocycles. The highest BCUT2D eigenvalue weighted by atomic mass is 79.9. The number of fused-ring (bicyclic) bond motifs is 2. The first kappa shape index (κ1) is 15.9. The SMILES string of the molecule is Cc1ccc2c(c1Br)CN(C(=O)NC1CC3CCCCN3C1=O)C2.